The number of nitro groups is 1. The molecular formula is C15H19Cl2N3O3. The summed E-state index contributed by atoms with van der Waals surface area (Å²) < 4.78 is 0. The Morgan fingerprint density at radius 3 is 2.43 bits per heavy atom. The van der Waals surface area contributed by atoms with Crippen LogP contribution in [0.1, 0.15) is 23.2 Å². The van der Waals surface area contributed by atoms with E-state index < -0.39 is 4.92 Å². The highest BCUT2D eigenvalue weighted by atomic mass is 35.5. The quantitative estimate of drug-likeness (QED) is 0.650. The van der Waals surface area contributed by atoms with E-state index in [2.05, 4.69) is 5.32 Å². The molecule has 1 aromatic rings. The van der Waals surface area contributed by atoms with Crippen molar-refractivity contribution in [2.24, 2.45) is 11.8 Å². The van der Waals surface area contributed by atoms with E-state index in [-0.39, 0.29) is 34.6 Å². The maximum absolute atomic E-state index is 12.7. The van der Waals surface area contributed by atoms with Crippen molar-refractivity contribution in [2.45, 2.75) is 12.8 Å². The van der Waals surface area contributed by atoms with Crippen LogP contribution in [0.4, 0.5) is 5.69 Å². The number of halogens is 2. The molecule has 2 heterocycles. The molecule has 126 valence electrons. The van der Waals surface area contributed by atoms with Gasteiger partial charge >= 0.3 is 0 Å². The summed E-state index contributed by atoms with van der Waals surface area (Å²) in [5.74, 6) is 0.951. The zero-order chi connectivity index (χ0) is 15.7. The average Bonchev–Trinajstić information content (AvgIpc) is 2.85. The third-order valence-electron chi connectivity index (χ3n) is 4.69. The third kappa shape index (κ3) is 3.76. The van der Waals surface area contributed by atoms with E-state index in [1.54, 1.807) is 4.90 Å². The molecule has 0 bridgehead atoms. The standard InChI is InChI=1S/C15H18ClN3O3.ClH/c16-12-1-2-13(14(7-12)19(21)22)15(20)18-5-3-10-8-17-9-11(10)4-6-18;/h1-2,7,10-11,17H,3-6,8-9H2;1H/t10-,11+;. The lowest BCUT2D eigenvalue weighted by Crippen LogP contribution is -2.33. The lowest BCUT2D eigenvalue weighted by molar-refractivity contribution is -0.385. The van der Waals surface area contributed by atoms with Crippen LogP contribution in [0.25, 0.3) is 0 Å². The minimum Gasteiger partial charge on any atom is -0.338 e. The lowest BCUT2D eigenvalue weighted by atomic mass is 9.92. The molecule has 23 heavy (non-hydrogen) atoms. The fourth-order valence-corrected chi connectivity index (χ4v) is 3.59. The van der Waals surface area contributed by atoms with Crippen molar-refractivity contribution < 1.29 is 9.72 Å². The van der Waals surface area contributed by atoms with Crippen molar-refractivity contribution in [3.8, 4) is 0 Å². The Hall–Kier alpha value is -1.37. The summed E-state index contributed by atoms with van der Waals surface area (Å²) in [7, 11) is 0. The molecule has 1 N–H and O–H groups in total. The van der Waals surface area contributed by atoms with Crippen LogP contribution in [0.5, 0.6) is 0 Å². The number of benzene rings is 1. The Balaban J connectivity index is 0.00000192. The van der Waals surface area contributed by atoms with Gasteiger partial charge in [0, 0.05) is 24.2 Å². The van der Waals surface area contributed by atoms with Crippen molar-refractivity contribution >= 4 is 35.6 Å². The van der Waals surface area contributed by atoms with Gasteiger partial charge in [0.2, 0.25) is 0 Å². The van der Waals surface area contributed by atoms with Gasteiger partial charge in [0.15, 0.2) is 0 Å². The Morgan fingerprint density at radius 1 is 1.26 bits per heavy atom. The van der Waals surface area contributed by atoms with E-state index in [1.807, 2.05) is 0 Å². The van der Waals surface area contributed by atoms with Gasteiger partial charge < -0.3 is 10.2 Å². The van der Waals surface area contributed by atoms with Crippen LogP contribution in [-0.2, 0) is 0 Å². The molecule has 2 aliphatic rings. The summed E-state index contributed by atoms with van der Waals surface area (Å²) in [6.07, 6.45) is 1.90. The second-order valence-corrected chi connectivity index (χ2v) is 6.40. The van der Waals surface area contributed by atoms with Crippen LogP contribution >= 0.6 is 24.0 Å². The largest absolute Gasteiger partial charge is 0.338 e. The van der Waals surface area contributed by atoms with Crippen LogP contribution in [0, 0.1) is 22.0 Å². The molecule has 2 fully saturated rings. The Morgan fingerprint density at radius 2 is 1.87 bits per heavy atom. The summed E-state index contributed by atoms with van der Waals surface area (Å²) in [5.41, 5.74) is -0.0943. The highest BCUT2D eigenvalue weighted by molar-refractivity contribution is 6.31. The van der Waals surface area contributed by atoms with Crippen molar-refractivity contribution in [1.29, 1.82) is 0 Å². The molecule has 2 atom stereocenters. The number of likely N-dealkylation sites (tertiary alicyclic amines) is 1. The fourth-order valence-electron chi connectivity index (χ4n) is 3.43. The van der Waals surface area contributed by atoms with Crippen LogP contribution in [0.15, 0.2) is 18.2 Å². The number of nitrogens with zero attached hydrogens (tertiary/aromatic N) is 2. The topological polar surface area (TPSA) is 75.5 Å². The predicted molar refractivity (Wildman–Crippen MR) is 90.3 cm³/mol. The molecule has 2 aliphatic heterocycles. The summed E-state index contributed by atoms with van der Waals surface area (Å²) in [4.78, 5) is 25.0. The number of nitrogens with one attached hydrogen (secondary N) is 1. The second kappa shape index (κ2) is 7.47. The Kier molecular flexibility index (Phi) is 5.84. The first kappa shape index (κ1) is 18.0. The molecule has 0 unspecified atom stereocenters. The Bertz CT molecular complexity index is 598. The summed E-state index contributed by atoms with van der Waals surface area (Å²) >= 11 is 5.81. The molecule has 0 saturated carbocycles. The highest BCUT2D eigenvalue weighted by Crippen LogP contribution is 2.29. The van der Waals surface area contributed by atoms with Gasteiger partial charge in [-0.3, -0.25) is 14.9 Å². The van der Waals surface area contributed by atoms with Gasteiger partial charge in [0.25, 0.3) is 11.6 Å². The molecule has 0 radical (unpaired) electrons. The van der Waals surface area contributed by atoms with Gasteiger partial charge in [-0.1, -0.05) is 11.6 Å². The zero-order valence-corrected chi connectivity index (χ0v) is 14.1. The number of nitro benzene ring substituents is 1. The number of amides is 1. The third-order valence-corrected chi connectivity index (χ3v) is 4.93. The van der Waals surface area contributed by atoms with Crippen LogP contribution in [-0.4, -0.2) is 41.9 Å². The molecular weight excluding hydrogens is 341 g/mol. The van der Waals surface area contributed by atoms with Crippen molar-refractivity contribution in [1.82, 2.24) is 10.2 Å². The number of carbonyl (C=O) groups is 1. The minimum absolute atomic E-state index is 0. The van der Waals surface area contributed by atoms with E-state index in [4.69, 9.17) is 11.6 Å². The van der Waals surface area contributed by atoms with Gasteiger partial charge in [0.05, 0.1) is 4.92 Å². The molecule has 1 amide bonds. The number of fused-ring (bicyclic) bond motifs is 1. The van der Waals surface area contributed by atoms with Gasteiger partial charge in [0.1, 0.15) is 5.56 Å². The summed E-state index contributed by atoms with van der Waals surface area (Å²) in [6.45, 7) is 3.32. The van der Waals surface area contributed by atoms with Crippen LogP contribution in [0.3, 0.4) is 0 Å². The molecule has 3 rings (SSSR count). The van der Waals surface area contributed by atoms with E-state index in [1.165, 1.54) is 18.2 Å². The number of hydrogen-bond donors (Lipinski definition) is 1. The molecule has 0 aromatic heterocycles. The normalized spacial score (nSPS) is 23.6. The molecule has 6 nitrogen and oxygen atoms in total. The van der Waals surface area contributed by atoms with Crippen molar-refractivity contribution in [3.05, 3.63) is 38.9 Å². The first-order chi connectivity index (χ1) is 10.6. The molecule has 0 aliphatic carbocycles. The first-order valence-corrected chi connectivity index (χ1v) is 7.88. The summed E-state index contributed by atoms with van der Waals surface area (Å²) in [6, 6.07) is 4.22. The first-order valence-electron chi connectivity index (χ1n) is 7.50. The van der Waals surface area contributed by atoms with Gasteiger partial charge in [-0.15, -0.1) is 12.4 Å². The molecule has 2 saturated heterocycles. The predicted octanol–water partition coefficient (Wildman–Crippen LogP) is 2.74. The number of hydrogen-bond acceptors (Lipinski definition) is 4. The molecule has 1 aromatic carbocycles. The number of rotatable bonds is 2. The van der Waals surface area contributed by atoms with Gasteiger partial charge in [-0.2, -0.15) is 0 Å². The maximum Gasteiger partial charge on any atom is 0.283 e. The summed E-state index contributed by atoms with van der Waals surface area (Å²) in [5, 5.41) is 14.8. The van der Waals surface area contributed by atoms with Crippen LogP contribution in [0.2, 0.25) is 5.02 Å². The van der Waals surface area contributed by atoms with E-state index in [9.17, 15) is 14.9 Å². The Labute approximate surface area is 145 Å². The van der Waals surface area contributed by atoms with E-state index >= 15 is 0 Å². The lowest BCUT2D eigenvalue weighted by Gasteiger charge is -2.21. The second-order valence-electron chi connectivity index (χ2n) is 5.97. The van der Waals surface area contributed by atoms with Gasteiger partial charge in [-0.25, -0.2) is 0 Å². The minimum atomic E-state index is -0.546. The average molecular weight is 360 g/mol. The van der Waals surface area contributed by atoms with E-state index in [0.717, 1.165) is 25.9 Å². The van der Waals surface area contributed by atoms with Crippen molar-refractivity contribution in [3.63, 3.8) is 0 Å². The highest BCUT2D eigenvalue weighted by Gasteiger charge is 2.33. The monoisotopic (exact) mass is 359 g/mol. The van der Waals surface area contributed by atoms with Gasteiger partial charge in [-0.05, 0) is 49.9 Å². The molecule has 0 spiro atoms. The SMILES string of the molecule is Cl.O=C(c1ccc(Cl)cc1[N+](=O)[O-])N1CC[C@@H]2CNC[C@@H]2CC1. The van der Waals surface area contributed by atoms with Crippen LogP contribution < -0.4 is 5.32 Å². The maximum atomic E-state index is 12.7. The van der Waals surface area contributed by atoms with E-state index in [0.29, 0.717) is 24.9 Å². The number of carbonyl (C=O) groups excluding carboxylic acids is 1. The van der Waals surface area contributed by atoms with Crippen molar-refractivity contribution in [2.75, 3.05) is 26.2 Å². The molecule has 8 heteroatoms. The fraction of sp³-hybridized carbons (Fsp3) is 0.533. The smallest absolute Gasteiger partial charge is 0.283 e. The zero-order valence-electron chi connectivity index (χ0n) is 12.5.